The molecule has 0 aromatic heterocycles. The molecular formula is C15H24O2. The monoisotopic (exact) mass is 236 g/mol. The van der Waals surface area contributed by atoms with Gasteiger partial charge in [-0.2, -0.15) is 0 Å². The number of aromatic hydroxyl groups is 1. The fourth-order valence-electron chi connectivity index (χ4n) is 1.96. The van der Waals surface area contributed by atoms with Crippen molar-refractivity contribution in [2.75, 3.05) is 6.61 Å². The minimum absolute atomic E-state index is 0.0226. The zero-order chi connectivity index (χ0) is 12.9. The number of aryl methyl sites for hydroxylation is 1. The summed E-state index contributed by atoms with van der Waals surface area (Å²) in [7, 11) is 0. The van der Waals surface area contributed by atoms with Gasteiger partial charge in [0.2, 0.25) is 0 Å². The van der Waals surface area contributed by atoms with Crippen LogP contribution in [0.25, 0.3) is 0 Å². The van der Waals surface area contributed by atoms with Crippen molar-refractivity contribution in [3.05, 3.63) is 29.3 Å². The Morgan fingerprint density at radius 3 is 2.35 bits per heavy atom. The van der Waals surface area contributed by atoms with Crippen LogP contribution in [0.15, 0.2) is 18.2 Å². The smallest absolute Gasteiger partial charge is 0.119 e. The summed E-state index contributed by atoms with van der Waals surface area (Å²) in [4.78, 5) is 0. The second-order valence-corrected chi connectivity index (χ2v) is 5.64. The molecule has 0 heterocycles. The van der Waals surface area contributed by atoms with Gasteiger partial charge in [-0.15, -0.1) is 0 Å². The van der Waals surface area contributed by atoms with E-state index < -0.39 is 0 Å². The summed E-state index contributed by atoms with van der Waals surface area (Å²) < 4.78 is 0. The number of phenols is 1. The molecule has 2 nitrogen and oxygen atoms in total. The predicted octanol–water partition coefficient (Wildman–Crippen LogP) is 3.39. The first-order valence-electron chi connectivity index (χ1n) is 6.38. The molecule has 17 heavy (non-hydrogen) atoms. The van der Waals surface area contributed by atoms with Crippen molar-refractivity contribution < 1.29 is 10.2 Å². The fourth-order valence-corrected chi connectivity index (χ4v) is 1.96. The van der Waals surface area contributed by atoms with Crippen molar-refractivity contribution in [3.63, 3.8) is 0 Å². The molecule has 0 radical (unpaired) electrons. The molecule has 1 aromatic carbocycles. The Morgan fingerprint density at radius 1 is 1.06 bits per heavy atom. The zero-order valence-corrected chi connectivity index (χ0v) is 11.2. The lowest BCUT2D eigenvalue weighted by Crippen LogP contribution is -2.11. The molecule has 0 fully saturated rings. The van der Waals surface area contributed by atoms with Crippen molar-refractivity contribution in [3.8, 4) is 5.75 Å². The van der Waals surface area contributed by atoms with Gasteiger partial charge < -0.3 is 10.2 Å². The number of rotatable bonds is 5. The molecule has 0 amide bonds. The van der Waals surface area contributed by atoms with Gasteiger partial charge in [-0.3, -0.25) is 0 Å². The van der Waals surface area contributed by atoms with Crippen molar-refractivity contribution >= 4 is 0 Å². The van der Waals surface area contributed by atoms with Gasteiger partial charge >= 0.3 is 0 Å². The van der Waals surface area contributed by atoms with Gasteiger partial charge in [-0.05, 0) is 41.9 Å². The number of hydrogen-bond donors (Lipinski definition) is 2. The lowest BCUT2D eigenvalue weighted by Gasteiger charge is -2.21. The van der Waals surface area contributed by atoms with Gasteiger partial charge in [0.25, 0.3) is 0 Å². The summed E-state index contributed by atoms with van der Waals surface area (Å²) in [5.74, 6) is 0.386. The van der Waals surface area contributed by atoms with E-state index in [1.165, 1.54) is 5.56 Å². The average molecular weight is 236 g/mol. The number of unbranched alkanes of at least 4 members (excludes halogenated alkanes) is 2. The molecule has 0 unspecified atom stereocenters. The molecule has 0 aliphatic carbocycles. The summed E-state index contributed by atoms with van der Waals surface area (Å²) in [5.41, 5.74) is 2.26. The molecule has 0 bridgehead atoms. The Balaban J connectivity index is 2.69. The highest BCUT2D eigenvalue weighted by Gasteiger charge is 2.18. The third-order valence-corrected chi connectivity index (χ3v) is 2.99. The minimum atomic E-state index is -0.0226. The Bertz CT molecular complexity index is 350. The normalized spacial score (nSPS) is 11.8. The summed E-state index contributed by atoms with van der Waals surface area (Å²) in [6.07, 6.45) is 4.05. The van der Waals surface area contributed by atoms with E-state index in [4.69, 9.17) is 5.11 Å². The van der Waals surface area contributed by atoms with Crippen LogP contribution in [0.5, 0.6) is 5.75 Å². The first kappa shape index (κ1) is 14.0. The number of hydrogen-bond acceptors (Lipinski definition) is 2. The van der Waals surface area contributed by atoms with Gasteiger partial charge in [0.15, 0.2) is 0 Å². The van der Waals surface area contributed by atoms with E-state index in [0.717, 1.165) is 31.2 Å². The molecule has 2 N–H and O–H groups in total. The maximum Gasteiger partial charge on any atom is 0.119 e. The van der Waals surface area contributed by atoms with Crippen molar-refractivity contribution in [1.82, 2.24) is 0 Å². The maximum atomic E-state index is 9.85. The van der Waals surface area contributed by atoms with Crippen molar-refractivity contribution in [2.45, 2.75) is 51.9 Å². The van der Waals surface area contributed by atoms with Crippen molar-refractivity contribution in [1.29, 1.82) is 0 Å². The maximum absolute atomic E-state index is 9.85. The first-order chi connectivity index (χ1) is 7.95. The summed E-state index contributed by atoms with van der Waals surface area (Å²) in [6, 6.07) is 5.89. The van der Waals surface area contributed by atoms with Gasteiger partial charge in [-0.25, -0.2) is 0 Å². The van der Waals surface area contributed by atoms with Crippen LogP contribution < -0.4 is 0 Å². The van der Waals surface area contributed by atoms with Gasteiger partial charge in [-0.1, -0.05) is 39.3 Å². The van der Waals surface area contributed by atoms with E-state index >= 15 is 0 Å². The van der Waals surface area contributed by atoms with Crippen LogP contribution in [-0.4, -0.2) is 16.8 Å². The molecule has 96 valence electrons. The predicted molar refractivity (Wildman–Crippen MR) is 71.4 cm³/mol. The third-order valence-electron chi connectivity index (χ3n) is 2.99. The van der Waals surface area contributed by atoms with Crippen LogP contribution in [0.2, 0.25) is 0 Å². The third kappa shape index (κ3) is 4.39. The van der Waals surface area contributed by atoms with E-state index in [1.807, 2.05) is 6.07 Å². The Kier molecular flexibility index (Phi) is 5.01. The van der Waals surface area contributed by atoms with Crippen LogP contribution in [0, 0.1) is 0 Å². The molecule has 1 rings (SSSR count). The molecule has 0 aliphatic heterocycles. The number of phenolic OH excluding ortho intramolecular Hbond substituents is 1. The quantitative estimate of drug-likeness (QED) is 0.769. The Morgan fingerprint density at radius 2 is 1.76 bits per heavy atom. The Labute approximate surface area is 104 Å². The molecule has 1 aromatic rings. The molecule has 0 saturated heterocycles. The van der Waals surface area contributed by atoms with Crippen molar-refractivity contribution in [2.24, 2.45) is 0 Å². The number of benzene rings is 1. The summed E-state index contributed by atoms with van der Waals surface area (Å²) in [5, 5.41) is 18.6. The summed E-state index contributed by atoms with van der Waals surface area (Å²) >= 11 is 0. The van der Waals surface area contributed by atoms with Gasteiger partial charge in [0.05, 0.1) is 0 Å². The van der Waals surface area contributed by atoms with E-state index in [2.05, 4.69) is 26.8 Å². The van der Waals surface area contributed by atoms with Crippen LogP contribution >= 0.6 is 0 Å². The SMILES string of the molecule is CC(C)(C)c1cc(CCCCCO)ccc1O. The highest BCUT2D eigenvalue weighted by atomic mass is 16.3. The van der Waals surface area contributed by atoms with E-state index in [0.29, 0.717) is 5.75 Å². The zero-order valence-electron chi connectivity index (χ0n) is 11.2. The minimum Gasteiger partial charge on any atom is -0.508 e. The Hall–Kier alpha value is -1.02. The van der Waals surface area contributed by atoms with Crippen LogP contribution in [0.1, 0.15) is 51.2 Å². The summed E-state index contributed by atoms with van der Waals surface area (Å²) in [6.45, 7) is 6.61. The fraction of sp³-hybridized carbons (Fsp3) is 0.600. The van der Waals surface area contributed by atoms with Crippen LogP contribution in [0.3, 0.4) is 0 Å². The van der Waals surface area contributed by atoms with Gasteiger partial charge in [0.1, 0.15) is 5.75 Å². The second-order valence-electron chi connectivity index (χ2n) is 5.64. The molecule has 0 saturated carbocycles. The largest absolute Gasteiger partial charge is 0.508 e. The van der Waals surface area contributed by atoms with Crippen LogP contribution in [0.4, 0.5) is 0 Å². The van der Waals surface area contributed by atoms with Crippen LogP contribution in [-0.2, 0) is 11.8 Å². The first-order valence-corrected chi connectivity index (χ1v) is 6.38. The van der Waals surface area contributed by atoms with Gasteiger partial charge in [0, 0.05) is 6.61 Å². The topological polar surface area (TPSA) is 40.5 Å². The second kappa shape index (κ2) is 6.06. The lowest BCUT2D eigenvalue weighted by atomic mass is 9.85. The average Bonchev–Trinajstić information content (AvgIpc) is 2.25. The van der Waals surface area contributed by atoms with E-state index in [9.17, 15) is 5.11 Å². The molecule has 2 heteroatoms. The lowest BCUT2D eigenvalue weighted by molar-refractivity contribution is 0.283. The molecular weight excluding hydrogens is 212 g/mol. The molecule has 0 atom stereocenters. The molecule has 0 spiro atoms. The molecule has 0 aliphatic rings. The van der Waals surface area contributed by atoms with E-state index in [1.54, 1.807) is 6.07 Å². The van der Waals surface area contributed by atoms with E-state index in [-0.39, 0.29) is 12.0 Å². The highest BCUT2D eigenvalue weighted by Crippen LogP contribution is 2.31. The number of aliphatic hydroxyl groups excluding tert-OH is 1. The number of aliphatic hydroxyl groups is 1. The standard InChI is InChI=1S/C15H24O2/c1-15(2,3)13-11-12(8-9-14(13)17)7-5-4-6-10-16/h8-9,11,16-17H,4-7,10H2,1-3H3. The highest BCUT2D eigenvalue weighted by molar-refractivity contribution is 5.40.